The smallest absolute Gasteiger partial charge is 0.293 e. The van der Waals surface area contributed by atoms with Crippen molar-refractivity contribution < 1.29 is 22.8 Å². The number of carbonyl (C=O) groups is 1. The maximum atomic E-state index is 13.4. The molecule has 7 heteroatoms. The lowest BCUT2D eigenvalue weighted by molar-refractivity contribution is -0.0759. The third kappa shape index (κ3) is 1.82. The van der Waals surface area contributed by atoms with E-state index in [0.717, 1.165) is 17.2 Å². The SMILES string of the molecule is CON(C)C(=O)c1cc2c(F)c(F)c(F)cc2[nH]1. The van der Waals surface area contributed by atoms with Crippen molar-refractivity contribution in [2.75, 3.05) is 14.2 Å². The van der Waals surface area contributed by atoms with Gasteiger partial charge in [0.1, 0.15) is 5.69 Å². The highest BCUT2D eigenvalue weighted by atomic mass is 19.2. The largest absolute Gasteiger partial charge is 0.350 e. The van der Waals surface area contributed by atoms with Gasteiger partial charge in [-0.25, -0.2) is 18.2 Å². The van der Waals surface area contributed by atoms with Crippen LogP contribution in [0.5, 0.6) is 0 Å². The Balaban J connectivity index is 2.58. The molecule has 1 aromatic heterocycles. The molecule has 2 aromatic rings. The summed E-state index contributed by atoms with van der Waals surface area (Å²) in [6, 6.07) is 1.89. The lowest BCUT2D eigenvalue weighted by Crippen LogP contribution is -2.25. The fraction of sp³-hybridized carbons (Fsp3) is 0.182. The van der Waals surface area contributed by atoms with Crippen LogP contribution in [0.1, 0.15) is 10.5 Å². The van der Waals surface area contributed by atoms with Gasteiger partial charge in [-0.3, -0.25) is 9.63 Å². The van der Waals surface area contributed by atoms with Crippen molar-refractivity contribution in [3.63, 3.8) is 0 Å². The number of halogens is 3. The number of amides is 1. The molecule has 0 unspecified atom stereocenters. The van der Waals surface area contributed by atoms with Crippen molar-refractivity contribution in [3.8, 4) is 0 Å². The number of aromatic amines is 1. The number of H-pyrrole nitrogens is 1. The zero-order valence-electron chi connectivity index (χ0n) is 9.55. The molecular formula is C11H9F3N2O2. The normalized spacial score (nSPS) is 10.9. The topological polar surface area (TPSA) is 45.3 Å². The minimum Gasteiger partial charge on any atom is -0.350 e. The number of rotatable bonds is 2. The van der Waals surface area contributed by atoms with E-state index in [9.17, 15) is 18.0 Å². The first-order valence-electron chi connectivity index (χ1n) is 4.94. The first-order chi connectivity index (χ1) is 8.45. The summed E-state index contributed by atoms with van der Waals surface area (Å²) in [6.45, 7) is 0. The molecule has 18 heavy (non-hydrogen) atoms. The number of fused-ring (bicyclic) bond motifs is 1. The summed E-state index contributed by atoms with van der Waals surface area (Å²) in [5, 5.41) is 0.705. The van der Waals surface area contributed by atoms with Gasteiger partial charge in [-0.2, -0.15) is 0 Å². The van der Waals surface area contributed by atoms with Crippen molar-refractivity contribution >= 4 is 16.8 Å². The maximum Gasteiger partial charge on any atom is 0.293 e. The number of hydroxylamine groups is 2. The lowest BCUT2D eigenvalue weighted by atomic mass is 10.2. The molecular weight excluding hydrogens is 249 g/mol. The number of carbonyl (C=O) groups excluding carboxylic acids is 1. The van der Waals surface area contributed by atoms with Crippen LogP contribution < -0.4 is 0 Å². The van der Waals surface area contributed by atoms with Gasteiger partial charge >= 0.3 is 0 Å². The second-order valence-corrected chi connectivity index (χ2v) is 3.62. The minimum absolute atomic E-state index is 0.000692. The first-order valence-corrected chi connectivity index (χ1v) is 4.94. The van der Waals surface area contributed by atoms with Gasteiger partial charge in [0.15, 0.2) is 17.5 Å². The zero-order valence-corrected chi connectivity index (χ0v) is 9.55. The maximum absolute atomic E-state index is 13.4. The Bertz CT molecular complexity index is 624. The molecule has 0 spiro atoms. The molecule has 0 fully saturated rings. The van der Waals surface area contributed by atoms with Crippen LogP contribution in [-0.4, -0.2) is 30.1 Å². The predicted molar refractivity (Wildman–Crippen MR) is 57.3 cm³/mol. The number of hydrogen-bond donors (Lipinski definition) is 1. The van der Waals surface area contributed by atoms with Crippen LogP contribution >= 0.6 is 0 Å². The van der Waals surface area contributed by atoms with Crippen molar-refractivity contribution in [2.24, 2.45) is 0 Å². The molecule has 0 bridgehead atoms. The third-order valence-electron chi connectivity index (χ3n) is 2.55. The standard InChI is InChI=1S/C11H9F3N2O2/c1-16(18-2)11(17)8-3-5-7(15-8)4-6(12)10(14)9(5)13/h3-4,15H,1-2H3. The molecule has 96 valence electrons. The third-order valence-corrected chi connectivity index (χ3v) is 2.55. The summed E-state index contributed by atoms with van der Waals surface area (Å²) in [4.78, 5) is 18.8. The van der Waals surface area contributed by atoms with Gasteiger partial charge in [0.25, 0.3) is 5.91 Å². The lowest BCUT2D eigenvalue weighted by Gasteiger charge is -2.11. The average Bonchev–Trinajstić information content (AvgIpc) is 2.78. The van der Waals surface area contributed by atoms with E-state index in [0.29, 0.717) is 0 Å². The van der Waals surface area contributed by atoms with E-state index in [-0.39, 0.29) is 16.6 Å². The van der Waals surface area contributed by atoms with Gasteiger partial charge in [0.2, 0.25) is 0 Å². The van der Waals surface area contributed by atoms with Gasteiger partial charge in [0, 0.05) is 18.5 Å². The summed E-state index contributed by atoms with van der Waals surface area (Å²) in [5.74, 6) is -4.81. The average molecular weight is 258 g/mol. The van der Waals surface area contributed by atoms with Gasteiger partial charge < -0.3 is 4.98 Å². The Labute approximate surface area is 99.9 Å². The van der Waals surface area contributed by atoms with E-state index in [1.54, 1.807) is 0 Å². The van der Waals surface area contributed by atoms with E-state index in [2.05, 4.69) is 9.82 Å². The molecule has 0 aliphatic rings. The Morgan fingerprint density at radius 1 is 1.28 bits per heavy atom. The number of nitrogens with one attached hydrogen (secondary N) is 1. The molecule has 2 rings (SSSR count). The van der Waals surface area contributed by atoms with Crippen LogP contribution in [0.4, 0.5) is 13.2 Å². The summed E-state index contributed by atoms with van der Waals surface area (Å²) in [5.41, 5.74) is -0.0301. The summed E-state index contributed by atoms with van der Waals surface area (Å²) >= 11 is 0. The van der Waals surface area contributed by atoms with Crippen LogP contribution in [-0.2, 0) is 4.84 Å². The fourth-order valence-corrected chi connectivity index (χ4v) is 1.55. The monoisotopic (exact) mass is 258 g/mol. The molecule has 1 amide bonds. The summed E-state index contributed by atoms with van der Waals surface area (Å²) in [6.07, 6.45) is 0. The van der Waals surface area contributed by atoms with Crippen molar-refractivity contribution in [3.05, 3.63) is 35.3 Å². The first kappa shape index (κ1) is 12.4. The Morgan fingerprint density at radius 2 is 1.94 bits per heavy atom. The highest BCUT2D eigenvalue weighted by molar-refractivity contribution is 5.97. The molecule has 4 nitrogen and oxygen atoms in total. The molecule has 0 aliphatic carbocycles. The van der Waals surface area contributed by atoms with Crippen LogP contribution in [0.25, 0.3) is 10.9 Å². The number of benzene rings is 1. The second-order valence-electron chi connectivity index (χ2n) is 3.62. The van der Waals surface area contributed by atoms with Crippen LogP contribution in [0.3, 0.4) is 0 Å². The van der Waals surface area contributed by atoms with Crippen LogP contribution in [0.15, 0.2) is 12.1 Å². The quantitative estimate of drug-likeness (QED) is 0.663. The van der Waals surface area contributed by atoms with E-state index in [1.807, 2.05) is 0 Å². The van der Waals surface area contributed by atoms with Gasteiger partial charge in [0.05, 0.1) is 12.6 Å². The number of nitrogens with zero attached hydrogens (tertiary/aromatic N) is 1. The Hall–Kier alpha value is -2.02. The van der Waals surface area contributed by atoms with Gasteiger partial charge in [-0.05, 0) is 6.07 Å². The van der Waals surface area contributed by atoms with E-state index in [4.69, 9.17) is 0 Å². The summed E-state index contributed by atoms with van der Waals surface area (Å²) < 4.78 is 39.4. The molecule has 0 radical (unpaired) electrons. The zero-order chi connectivity index (χ0) is 13.4. The van der Waals surface area contributed by atoms with Crippen molar-refractivity contribution in [2.45, 2.75) is 0 Å². The van der Waals surface area contributed by atoms with Gasteiger partial charge in [-0.15, -0.1) is 0 Å². The summed E-state index contributed by atoms with van der Waals surface area (Å²) in [7, 11) is 2.63. The van der Waals surface area contributed by atoms with Crippen molar-refractivity contribution in [1.29, 1.82) is 0 Å². The molecule has 0 aliphatic heterocycles. The van der Waals surface area contributed by atoms with E-state index < -0.39 is 23.4 Å². The molecule has 0 saturated heterocycles. The molecule has 1 heterocycles. The van der Waals surface area contributed by atoms with E-state index in [1.165, 1.54) is 14.2 Å². The van der Waals surface area contributed by atoms with Crippen LogP contribution in [0, 0.1) is 17.5 Å². The minimum atomic E-state index is -1.57. The van der Waals surface area contributed by atoms with Crippen LogP contribution in [0.2, 0.25) is 0 Å². The van der Waals surface area contributed by atoms with E-state index >= 15 is 0 Å². The molecule has 1 N–H and O–H groups in total. The molecule has 0 saturated carbocycles. The highest BCUT2D eigenvalue weighted by Gasteiger charge is 2.19. The Morgan fingerprint density at radius 3 is 2.56 bits per heavy atom. The predicted octanol–water partition coefficient (Wildman–Crippen LogP) is 2.22. The highest BCUT2D eigenvalue weighted by Crippen LogP contribution is 2.24. The number of aromatic nitrogens is 1. The second kappa shape index (κ2) is 4.34. The van der Waals surface area contributed by atoms with Crippen molar-refractivity contribution in [1.82, 2.24) is 10.0 Å². The van der Waals surface area contributed by atoms with Gasteiger partial charge in [-0.1, -0.05) is 0 Å². The fourth-order valence-electron chi connectivity index (χ4n) is 1.55. The Kier molecular flexibility index (Phi) is 3.00. The molecule has 0 atom stereocenters. The molecule has 1 aromatic carbocycles. The number of hydrogen-bond acceptors (Lipinski definition) is 2.